The molecule has 1 aliphatic rings. The van der Waals surface area contributed by atoms with E-state index < -0.39 is 0 Å². The Kier molecular flexibility index (Phi) is 2.53. The molecule has 0 amide bonds. The normalized spacial score (nSPS) is 19.5. The Hall–Kier alpha value is -1.66. The molecular formula is C9H11FN4O. The van der Waals surface area contributed by atoms with E-state index in [2.05, 4.69) is 5.10 Å². The van der Waals surface area contributed by atoms with Crippen molar-refractivity contribution in [2.75, 3.05) is 11.6 Å². The number of hydrogen-bond donors (Lipinski definition) is 2. The summed E-state index contributed by atoms with van der Waals surface area (Å²) in [6.45, 7) is 0.576. The molecule has 80 valence electrons. The summed E-state index contributed by atoms with van der Waals surface area (Å²) < 4.78 is 18.5. The maximum atomic E-state index is 13.5. The molecule has 1 heterocycles. The SMILES string of the molecule is N/N=C\N(N)c1ccc([C@@H]2CO2)c(F)c1. The van der Waals surface area contributed by atoms with Gasteiger partial charge < -0.3 is 10.6 Å². The number of hydrazone groups is 1. The second-order valence-electron chi connectivity index (χ2n) is 3.20. The second-order valence-corrected chi connectivity index (χ2v) is 3.20. The van der Waals surface area contributed by atoms with Gasteiger partial charge in [-0.2, -0.15) is 5.10 Å². The molecule has 6 heteroatoms. The van der Waals surface area contributed by atoms with Crippen LogP contribution in [0.4, 0.5) is 10.1 Å². The van der Waals surface area contributed by atoms with Crippen LogP contribution in [0.25, 0.3) is 0 Å². The van der Waals surface area contributed by atoms with Crippen LogP contribution in [0.1, 0.15) is 11.7 Å². The predicted octanol–water partition coefficient (Wildman–Crippen LogP) is 0.479. The molecule has 1 saturated heterocycles. The first-order valence-electron chi connectivity index (χ1n) is 4.40. The summed E-state index contributed by atoms with van der Waals surface area (Å²) in [6.07, 6.45) is 1.09. The van der Waals surface area contributed by atoms with Gasteiger partial charge in [-0.1, -0.05) is 6.07 Å². The van der Waals surface area contributed by atoms with Gasteiger partial charge in [0.2, 0.25) is 0 Å². The van der Waals surface area contributed by atoms with Crippen molar-refractivity contribution in [1.29, 1.82) is 0 Å². The average molecular weight is 210 g/mol. The molecule has 15 heavy (non-hydrogen) atoms. The maximum absolute atomic E-state index is 13.5. The lowest BCUT2D eigenvalue weighted by atomic mass is 10.1. The first-order valence-corrected chi connectivity index (χ1v) is 4.40. The Labute approximate surface area is 86.1 Å². The molecule has 0 radical (unpaired) electrons. The molecule has 0 aromatic heterocycles. The van der Waals surface area contributed by atoms with Gasteiger partial charge in [0.15, 0.2) is 0 Å². The Morgan fingerprint density at radius 2 is 2.33 bits per heavy atom. The molecule has 2 rings (SSSR count). The zero-order valence-electron chi connectivity index (χ0n) is 7.93. The van der Waals surface area contributed by atoms with E-state index in [1.807, 2.05) is 0 Å². The van der Waals surface area contributed by atoms with Crippen LogP contribution in [-0.2, 0) is 4.74 Å². The van der Waals surface area contributed by atoms with E-state index in [1.54, 1.807) is 12.1 Å². The van der Waals surface area contributed by atoms with Crippen LogP contribution in [0.15, 0.2) is 23.3 Å². The number of halogens is 1. The van der Waals surface area contributed by atoms with E-state index in [1.165, 1.54) is 12.4 Å². The van der Waals surface area contributed by atoms with Gasteiger partial charge in [-0.05, 0) is 12.1 Å². The van der Waals surface area contributed by atoms with E-state index in [9.17, 15) is 4.39 Å². The van der Waals surface area contributed by atoms with Gasteiger partial charge in [0.25, 0.3) is 0 Å². The molecule has 0 aliphatic carbocycles. The average Bonchev–Trinajstić information content (AvgIpc) is 3.01. The van der Waals surface area contributed by atoms with Gasteiger partial charge in [0, 0.05) is 5.56 Å². The van der Waals surface area contributed by atoms with Crippen molar-refractivity contribution in [2.24, 2.45) is 16.8 Å². The molecule has 1 aromatic rings. The standard InChI is InChI=1S/C9H11FN4O/c10-8-3-6(14(12)5-13-11)1-2-7(8)9-4-15-9/h1-3,5,9H,4,11-12H2/b13-5-/t9-/m0/s1. The number of rotatable bonds is 3. The number of nitrogens with zero attached hydrogens (tertiary/aromatic N) is 2. The summed E-state index contributed by atoms with van der Waals surface area (Å²) in [5.74, 6) is 10.1. The van der Waals surface area contributed by atoms with Gasteiger partial charge in [-0.3, -0.25) is 5.01 Å². The summed E-state index contributed by atoms with van der Waals surface area (Å²) in [5.41, 5.74) is 1.03. The van der Waals surface area contributed by atoms with Crippen molar-refractivity contribution >= 4 is 12.0 Å². The molecule has 1 aromatic carbocycles. The predicted molar refractivity (Wildman–Crippen MR) is 54.4 cm³/mol. The minimum Gasteiger partial charge on any atom is -0.368 e. The number of anilines is 1. The summed E-state index contributed by atoms with van der Waals surface area (Å²) in [6, 6.07) is 4.65. The highest BCUT2D eigenvalue weighted by atomic mass is 19.1. The third-order valence-electron chi connectivity index (χ3n) is 2.15. The zero-order chi connectivity index (χ0) is 10.8. The van der Waals surface area contributed by atoms with E-state index in [0.29, 0.717) is 17.9 Å². The third kappa shape index (κ3) is 2.05. The van der Waals surface area contributed by atoms with Crippen LogP contribution < -0.4 is 16.7 Å². The molecule has 0 bridgehead atoms. The zero-order valence-corrected chi connectivity index (χ0v) is 7.93. The summed E-state index contributed by atoms with van der Waals surface area (Å²) in [5, 5.41) is 4.38. The lowest BCUT2D eigenvalue weighted by Crippen LogP contribution is -2.29. The highest BCUT2D eigenvalue weighted by Gasteiger charge is 2.27. The van der Waals surface area contributed by atoms with Gasteiger partial charge >= 0.3 is 0 Å². The summed E-state index contributed by atoms with van der Waals surface area (Å²) in [4.78, 5) is 0. The fraction of sp³-hybridized carbons (Fsp3) is 0.222. The lowest BCUT2D eigenvalue weighted by molar-refractivity contribution is 0.408. The number of epoxide rings is 1. The minimum absolute atomic E-state index is 0.103. The monoisotopic (exact) mass is 210 g/mol. The summed E-state index contributed by atoms with van der Waals surface area (Å²) >= 11 is 0. The van der Waals surface area contributed by atoms with Gasteiger partial charge in [0.1, 0.15) is 18.3 Å². The van der Waals surface area contributed by atoms with E-state index in [0.717, 1.165) is 5.01 Å². The Balaban J connectivity index is 2.24. The molecular weight excluding hydrogens is 199 g/mol. The highest BCUT2D eigenvalue weighted by Crippen LogP contribution is 2.32. The van der Waals surface area contributed by atoms with Gasteiger partial charge in [0.05, 0.1) is 12.3 Å². The smallest absolute Gasteiger partial charge is 0.131 e. The topological polar surface area (TPSA) is 80.2 Å². The minimum atomic E-state index is -0.337. The van der Waals surface area contributed by atoms with Crippen LogP contribution in [0, 0.1) is 5.82 Å². The number of hydrogen-bond acceptors (Lipinski definition) is 4. The van der Waals surface area contributed by atoms with Crippen LogP contribution >= 0.6 is 0 Å². The molecule has 1 atom stereocenters. The molecule has 1 aliphatic heterocycles. The first-order chi connectivity index (χ1) is 7.22. The number of hydrazine groups is 1. The lowest BCUT2D eigenvalue weighted by Gasteiger charge is -2.12. The van der Waals surface area contributed by atoms with Crippen LogP contribution in [0.3, 0.4) is 0 Å². The van der Waals surface area contributed by atoms with Crippen molar-refractivity contribution in [2.45, 2.75) is 6.10 Å². The highest BCUT2D eigenvalue weighted by molar-refractivity contribution is 5.77. The van der Waals surface area contributed by atoms with Gasteiger partial charge in [-0.15, -0.1) is 0 Å². The Morgan fingerprint density at radius 3 is 2.87 bits per heavy atom. The third-order valence-corrected chi connectivity index (χ3v) is 2.15. The number of benzene rings is 1. The van der Waals surface area contributed by atoms with E-state index in [-0.39, 0.29) is 11.9 Å². The van der Waals surface area contributed by atoms with Crippen molar-refractivity contribution in [3.8, 4) is 0 Å². The first kappa shape index (κ1) is 9.88. The van der Waals surface area contributed by atoms with Crippen molar-refractivity contribution in [3.05, 3.63) is 29.6 Å². The van der Waals surface area contributed by atoms with Crippen molar-refractivity contribution in [1.82, 2.24) is 0 Å². The fourth-order valence-corrected chi connectivity index (χ4v) is 1.30. The molecule has 0 spiro atoms. The molecule has 0 saturated carbocycles. The summed E-state index contributed by atoms with van der Waals surface area (Å²) in [7, 11) is 0. The maximum Gasteiger partial charge on any atom is 0.131 e. The Bertz CT molecular complexity index is 392. The van der Waals surface area contributed by atoms with E-state index >= 15 is 0 Å². The molecule has 1 fully saturated rings. The van der Waals surface area contributed by atoms with Crippen molar-refractivity contribution < 1.29 is 9.13 Å². The fourth-order valence-electron chi connectivity index (χ4n) is 1.30. The van der Waals surface area contributed by atoms with Crippen molar-refractivity contribution in [3.63, 3.8) is 0 Å². The quantitative estimate of drug-likeness (QED) is 0.250. The number of nitrogens with two attached hydrogens (primary N) is 2. The van der Waals surface area contributed by atoms with Gasteiger partial charge in [-0.25, -0.2) is 10.2 Å². The largest absolute Gasteiger partial charge is 0.368 e. The molecule has 4 N–H and O–H groups in total. The second kappa shape index (κ2) is 3.84. The molecule has 0 unspecified atom stereocenters. The number of ether oxygens (including phenoxy) is 1. The molecule has 5 nitrogen and oxygen atoms in total. The van der Waals surface area contributed by atoms with E-state index in [4.69, 9.17) is 16.4 Å². The Morgan fingerprint density at radius 1 is 1.60 bits per heavy atom. The van der Waals surface area contributed by atoms with Crippen LogP contribution in [-0.4, -0.2) is 12.9 Å². The van der Waals surface area contributed by atoms with Crippen LogP contribution in [0.5, 0.6) is 0 Å². The van der Waals surface area contributed by atoms with Crippen LogP contribution in [0.2, 0.25) is 0 Å².